The van der Waals surface area contributed by atoms with Gasteiger partial charge in [0.25, 0.3) is 0 Å². The third kappa shape index (κ3) is 4.76. The zero-order valence-corrected chi connectivity index (χ0v) is 13.7. The standard InChI is InChI=1S/C15H21BrFN3O/c1-10(13-3-2-11(17)8-14(13)16)19-12-4-6-20(7-5-12)9-15(18)21/h2-3,8,10,12,19H,4-7,9H2,1H3,(H2,18,21). The van der Waals surface area contributed by atoms with E-state index in [9.17, 15) is 9.18 Å². The average molecular weight is 358 g/mol. The monoisotopic (exact) mass is 357 g/mol. The molecule has 3 N–H and O–H groups in total. The van der Waals surface area contributed by atoms with Gasteiger partial charge in [0, 0.05) is 29.6 Å². The fraction of sp³-hybridized carbons (Fsp3) is 0.533. The molecule has 4 nitrogen and oxygen atoms in total. The first-order valence-electron chi connectivity index (χ1n) is 7.17. The summed E-state index contributed by atoms with van der Waals surface area (Å²) >= 11 is 3.41. The Morgan fingerprint density at radius 1 is 1.52 bits per heavy atom. The first-order chi connectivity index (χ1) is 9.95. The van der Waals surface area contributed by atoms with Gasteiger partial charge in [-0.1, -0.05) is 22.0 Å². The van der Waals surface area contributed by atoms with E-state index in [1.54, 1.807) is 6.07 Å². The lowest BCUT2D eigenvalue weighted by Crippen LogP contribution is -2.45. The van der Waals surface area contributed by atoms with Crippen molar-refractivity contribution in [2.24, 2.45) is 5.73 Å². The molecule has 0 radical (unpaired) electrons. The molecule has 6 heteroatoms. The second-order valence-corrected chi connectivity index (χ2v) is 6.43. The van der Waals surface area contributed by atoms with E-state index in [-0.39, 0.29) is 17.8 Å². The first-order valence-corrected chi connectivity index (χ1v) is 7.96. The molecule has 0 saturated carbocycles. The maximum atomic E-state index is 13.1. The van der Waals surface area contributed by atoms with Crippen LogP contribution in [0.25, 0.3) is 0 Å². The zero-order chi connectivity index (χ0) is 15.4. The zero-order valence-electron chi connectivity index (χ0n) is 12.1. The van der Waals surface area contributed by atoms with E-state index in [1.165, 1.54) is 12.1 Å². The molecule has 116 valence electrons. The number of nitrogens with zero attached hydrogens (tertiary/aromatic N) is 1. The number of primary amides is 1. The summed E-state index contributed by atoms with van der Waals surface area (Å²) in [5.41, 5.74) is 6.26. The SMILES string of the molecule is CC(NC1CCN(CC(N)=O)CC1)c1ccc(F)cc1Br. The summed E-state index contributed by atoms with van der Waals surface area (Å²) in [5.74, 6) is -0.511. The van der Waals surface area contributed by atoms with Crippen molar-refractivity contribution < 1.29 is 9.18 Å². The highest BCUT2D eigenvalue weighted by Crippen LogP contribution is 2.25. The fourth-order valence-electron chi connectivity index (χ4n) is 2.77. The average Bonchev–Trinajstić information content (AvgIpc) is 2.40. The molecular weight excluding hydrogens is 337 g/mol. The van der Waals surface area contributed by atoms with Crippen molar-refractivity contribution in [3.8, 4) is 0 Å². The lowest BCUT2D eigenvalue weighted by Gasteiger charge is -2.33. The van der Waals surface area contributed by atoms with Crippen LogP contribution in [-0.4, -0.2) is 36.5 Å². The van der Waals surface area contributed by atoms with Gasteiger partial charge in [0.05, 0.1) is 6.54 Å². The maximum absolute atomic E-state index is 13.1. The molecule has 1 aliphatic rings. The van der Waals surface area contributed by atoms with Crippen LogP contribution in [0.4, 0.5) is 4.39 Å². The topological polar surface area (TPSA) is 58.4 Å². The summed E-state index contributed by atoms with van der Waals surface area (Å²) in [5, 5.41) is 3.57. The van der Waals surface area contributed by atoms with Crippen LogP contribution in [0.3, 0.4) is 0 Å². The molecule has 0 bridgehead atoms. The first kappa shape index (κ1) is 16.4. The number of amides is 1. The fourth-order valence-corrected chi connectivity index (χ4v) is 3.47. The molecule has 1 aromatic carbocycles. The van der Waals surface area contributed by atoms with Gasteiger partial charge in [0.15, 0.2) is 0 Å². The Kier molecular flexibility index (Phi) is 5.72. The Morgan fingerprint density at radius 2 is 2.19 bits per heavy atom. The molecule has 1 unspecified atom stereocenters. The third-order valence-electron chi connectivity index (χ3n) is 3.88. The normalized spacial score (nSPS) is 18.6. The lowest BCUT2D eigenvalue weighted by atomic mass is 10.0. The van der Waals surface area contributed by atoms with Gasteiger partial charge < -0.3 is 11.1 Å². The van der Waals surface area contributed by atoms with Crippen molar-refractivity contribution in [2.45, 2.75) is 31.8 Å². The van der Waals surface area contributed by atoms with Crippen LogP contribution in [0.15, 0.2) is 22.7 Å². The molecular formula is C15H21BrFN3O. The minimum absolute atomic E-state index is 0.146. The van der Waals surface area contributed by atoms with E-state index in [1.807, 2.05) is 0 Å². The molecule has 2 rings (SSSR count). The number of benzene rings is 1. The van der Waals surface area contributed by atoms with Gasteiger partial charge in [-0.05, 0) is 37.5 Å². The molecule has 1 aromatic rings. The predicted molar refractivity (Wildman–Crippen MR) is 84.3 cm³/mol. The molecule has 0 aliphatic carbocycles. The summed E-state index contributed by atoms with van der Waals surface area (Å²) < 4.78 is 13.9. The van der Waals surface area contributed by atoms with Crippen molar-refractivity contribution in [2.75, 3.05) is 19.6 Å². The number of piperidine rings is 1. The minimum Gasteiger partial charge on any atom is -0.369 e. The Labute approximate surface area is 133 Å². The van der Waals surface area contributed by atoms with E-state index in [0.29, 0.717) is 12.6 Å². The summed E-state index contributed by atoms with van der Waals surface area (Å²) in [7, 11) is 0. The van der Waals surface area contributed by atoms with Crippen LogP contribution in [0.2, 0.25) is 0 Å². The summed E-state index contributed by atoms with van der Waals surface area (Å²) in [6.45, 7) is 4.16. The summed E-state index contributed by atoms with van der Waals surface area (Å²) in [4.78, 5) is 13.0. The van der Waals surface area contributed by atoms with Gasteiger partial charge in [0.2, 0.25) is 5.91 Å². The van der Waals surface area contributed by atoms with Crippen LogP contribution in [0, 0.1) is 5.82 Å². The molecule has 1 aliphatic heterocycles. The molecule has 21 heavy (non-hydrogen) atoms. The van der Waals surface area contributed by atoms with Crippen LogP contribution < -0.4 is 11.1 Å². The Balaban J connectivity index is 1.86. The Hall–Kier alpha value is -0.980. The van der Waals surface area contributed by atoms with Crippen molar-refractivity contribution in [1.29, 1.82) is 0 Å². The van der Waals surface area contributed by atoms with Gasteiger partial charge in [-0.25, -0.2) is 4.39 Å². The van der Waals surface area contributed by atoms with Crippen molar-refractivity contribution >= 4 is 21.8 Å². The number of hydrogen-bond acceptors (Lipinski definition) is 3. The summed E-state index contributed by atoms with van der Waals surface area (Å²) in [6.07, 6.45) is 1.97. The number of halogens is 2. The van der Waals surface area contributed by atoms with Crippen molar-refractivity contribution in [1.82, 2.24) is 10.2 Å². The molecule has 1 saturated heterocycles. The number of nitrogens with one attached hydrogen (secondary N) is 1. The number of hydrogen-bond donors (Lipinski definition) is 2. The molecule has 0 spiro atoms. The molecule has 1 atom stereocenters. The Morgan fingerprint density at radius 3 is 2.76 bits per heavy atom. The highest BCUT2D eigenvalue weighted by molar-refractivity contribution is 9.10. The van der Waals surface area contributed by atoms with E-state index in [4.69, 9.17) is 5.73 Å². The lowest BCUT2D eigenvalue weighted by molar-refractivity contribution is -0.119. The smallest absolute Gasteiger partial charge is 0.231 e. The quantitative estimate of drug-likeness (QED) is 0.849. The van der Waals surface area contributed by atoms with Crippen LogP contribution >= 0.6 is 15.9 Å². The van der Waals surface area contributed by atoms with Gasteiger partial charge in [-0.3, -0.25) is 9.69 Å². The second-order valence-electron chi connectivity index (χ2n) is 5.57. The van der Waals surface area contributed by atoms with Crippen molar-refractivity contribution in [3.63, 3.8) is 0 Å². The van der Waals surface area contributed by atoms with Gasteiger partial charge in [0.1, 0.15) is 5.82 Å². The summed E-state index contributed by atoms with van der Waals surface area (Å²) in [6, 6.07) is 5.32. The molecule has 1 amide bonds. The molecule has 1 heterocycles. The van der Waals surface area contributed by atoms with Crippen LogP contribution in [0.1, 0.15) is 31.4 Å². The number of carbonyl (C=O) groups is 1. The largest absolute Gasteiger partial charge is 0.369 e. The highest BCUT2D eigenvalue weighted by Gasteiger charge is 2.22. The number of likely N-dealkylation sites (tertiary alicyclic amines) is 1. The van der Waals surface area contributed by atoms with Gasteiger partial charge in [-0.15, -0.1) is 0 Å². The van der Waals surface area contributed by atoms with E-state index in [2.05, 4.69) is 33.1 Å². The van der Waals surface area contributed by atoms with Crippen molar-refractivity contribution in [3.05, 3.63) is 34.1 Å². The third-order valence-corrected chi connectivity index (χ3v) is 4.57. The number of rotatable bonds is 5. The maximum Gasteiger partial charge on any atom is 0.231 e. The number of nitrogens with two attached hydrogens (primary N) is 1. The Bertz CT molecular complexity index is 504. The van der Waals surface area contributed by atoms with E-state index >= 15 is 0 Å². The second kappa shape index (κ2) is 7.33. The predicted octanol–water partition coefficient (Wildman–Crippen LogP) is 2.19. The minimum atomic E-state index is -0.273. The van der Waals surface area contributed by atoms with E-state index < -0.39 is 0 Å². The van der Waals surface area contributed by atoms with Gasteiger partial charge in [-0.2, -0.15) is 0 Å². The molecule has 1 fully saturated rings. The molecule has 0 aromatic heterocycles. The van der Waals surface area contributed by atoms with Crippen LogP contribution in [-0.2, 0) is 4.79 Å². The van der Waals surface area contributed by atoms with E-state index in [0.717, 1.165) is 36.0 Å². The van der Waals surface area contributed by atoms with Crippen LogP contribution in [0.5, 0.6) is 0 Å². The number of carbonyl (C=O) groups excluding carboxylic acids is 1. The van der Waals surface area contributed by atoms with Gasteiger partial charge >= 0.3 is 0 Å². The highest BCUT2D eigenvalue weighted by atomic mass is 79.9.